The van der Waals surface area contributed by atoms with Crippen molar-refractivity contribution in [1.29, 1.82) is 0 Å². The molecule has 4 heteroatoms. The molecule has 0 aromatic heterocycles. The Labute approximate surface area is 59.7 Å². The van der Waals surface area contributed by atoms with Gasteiger partial charge in [-0.1, -0.05) is 0 Å². The molecule has 0 aliphatic carbocycles. The molecule has 0 saturated carbocycles. The molecule has 0 aromatic rings. The molecule has 0 bridgehead atoms. The maximum Gasteiger partial charge on any atom is 0.157 e. The predicted octanol–water partition coefficient (Wildman–Crippen LogP) is -0.304. The maximum atomic E-state index is 10.8. The Hall–Kier alpha value is 0.0449. The van der Waals surface area contributed by atoms with E-state index in [-0.39, 0.29) is 17.0 Å². The number of thioether (sulfide) groups is 1. The van der Waals surface area contributed by atoms with Crippen molar-refractivity contribution in [1.82, 2.24) is 0 Å². The summed E-state index contributed by atoms with van der Waals surface area (Å²) in [5, 5.41) is 0. The molecular formula is C5H9BO2S. The molecule has 2 unspecified atom stereocenters. The number of hydrogen-bond donors (Lipinski definition) is 0. The number of rotatable bonds is 1. The molecule has 2 atom stereocenters. The van der Waals surface area contributed by atoms with E-state index in [0.717, 1.165) is 0 Å². The molecule has 0 aromatic carbocycles. The fourth-order valence-corrected chi connectivity index (χ4v) is 1.63. The van der Waals surface area contributed by atoms with E-state index in [4.69, 9.17) is 4.74 Å². The molecule has 1 aliphatic heterocycles. The van der Waals surface area contributed by atoms with Crippen LogP contribution < -0.4 is 0 Å². The van der Waals surface area contributed by atoms with Crippen LogP contribution in [-0.2, 0) is 9.53 Å². The minimum absolute atomic E-state index is 0.0972. The molecule has 1 rings (SSSR count). The SMILES string of the molecule is BC1C(=O)COC1SC. The Bertz CT molecular complexity index is 128. The van der Waals surface area contributed by atoms with Crippen LogP contribution in [0.25, 0.3) is 0 Å². The second kappa shape index (κ2) is 2.75. The molecule has 9 heavy (non-hydrogen) atoms. The lowest BCUT2D eigenvalue weighted by Gasteiger charge is -2.07. The third-order valence-electron chi connectivity index (χ3n) is 1.54. The van der Waals surface area contributed by atoms with Gasteiger partial charge in [0.05, 0.1) is 0 Å². The van der Waals surface area contributed by atoms with Crippen LogP contribution in [-0.4, -0.2) is 31.9 Å². The van der Waals surface area contributed by atoms with Crippen molar-refractivity contribution in [2.45, 2.75) is 11.3 Å². The molecule has 1 heterocycles. The largest absolute Gasteiger partial charge is 0.360 e. The zero-order valence-corrected chi connectivity index (χ0v) is 6.40. The Kier molecular flexibility index (Phi) is 2.19. The van der Waals surface area contributed by atoms with Crippen molar-refractivity contribution < 1.29 is 9.53 Å². The van der Waals surface area contributed by atoms with Crippen LogP contribution in [0, 0.1) is 0 Å². The van der Waals surface area contributed by atoms with Gasteiger partial charge >= 0.3 is 0 Å². The standard InChI is InChI=1S/C5H9BO2S/c1-9-5-4(6)3(7)2-8-5/h4-5H,2,6H2,1H3. The lowest BCUT2D eigenvalue weighted by molar-refractivity contribution is -0.117. The first kappa shape index (κ1) is 7.16. The monoisotopic (exact) mass is 144 g/mol. The topological polar surface area (TPSA) is 26.3 Å². The third kappa shape index (κ3) is 1.30. The lowest BCUT2D eigenvalue weighted by atomic mass is 9.86. The van der Waals surface area contributed by atoms with Gasteiger partial charge in [-0.2, -0.15) is 0 Å². The molecule has 0 spiro atoms. The Morgan fingerprint density at radius 3 is 2.78 bits per heavy atom. The molecule has 0 N–H and O–H groups in total. The fourth-order valence-electron chi connectivity index (χ4n) is 0.864. The van der Waals surface area contributed by atoms with Crippen molar-refractivity contribution in [2.75, 3.05) is 12.9 Å². The van der Waals surface area contributed by atoms with Crippen LogP contribution in [0.1, 0.15) is 0 Å². The van der Waals surface area contributed by atoms with Crippen LogP contribution in [0.4, 0.5) is 0 Å². The van der Waals surface area contributed by atoms with Crippen molar-refractivity contribution in [2.24, 2.45) is 0 Å². The summed E-state index contributed by atoms with van der Waals surface area (Å²) < 4.78 is 5.14. The number of ether oxygens (including phenoxy) is 1. The summed E-state index contributed by atoms with van der Waals surface area (Å²) in [6, 6.07) is 0. The molecule has 0 radical (unpaired) electrons. The van der Waals surface area contributed by atoms with Gasteiger partial charge in [0.2, 0.25) is 0 Å². The van der Waals surface area contributed by atoms with Gasteiger partial charge in [-0.25, -0.2) is 0 Å². The van der Waals surface area contributed by atoms with Gasteiger partial charge < -0.3 is 4.74 Å². The zero-order valence-electron chi connectivity index (χ0n) is 5.59. The van der Waals surface area contributed by atoms with Crippen LogP contribution >= 0.6 is 11.8 Å². The minimum Gasteiger partial charge on any atom is -0.360 e. The highest BCUT2D eigenvalue weighted by Crippen LogP contribution is 2.27. The van der Waals surface area contributed by atoms with Gasteiger partial charge in [0, 0.05) is 5.82 Å². The van der Waals surface area contributed by atoms with Gasteiger partial charge in [0.15, 0.2) is 5.78 Å². The quantitative estimate of drug-likeness (QED) is 0.472. The first-order chi connectivity index (χ1) is 4.25. The number of Topliss-reactive ketones (excluding diaryl/α,β-unsaturated/α-hetero) is 1. The van der Waals surface area contributed by atoms with E-state index in [0.29, 0.717) is 6.61 Å². The summed E-state index contributed by atoms with van der Waals surface area (Å²) in [5.41, 5.74) is 0.109. The lowest BCUT2D eigenvalue weighted by Crippen LogP contribution is -2.09. The van der Waals surface area contributed by atoms with Crippen molar-refractivity contribution in [3.8, 4) is 0 Å². The Morgan fingerprint density at radius 1 is 1.89 bits per heavy atom. The average molecular weight is 144 g/mol. The number of ketones is 1. The molecule has 50 valence electrons. The van der Waals surface area contributed by atoms with Gasteiger partial charge in [0.25, 0.3) is 0 Å². The second-order valence-electron chi connectivity index (χ2n) is 2.17. The minimum atomic E-state index is 0.0972. The van der Waals surface area contributed by atoms with E-state index in [1.54, 1.807) is 11.8 Å². The highest BCUT2D eigenvalue weighted by Gasteiger charge is 2.30. The van der Waals surface area contributed by atoms with Gasteiger partial charge in [-0.3, -0.25) is 4.79 Å². The normalized spacial score (nSPS) is 35.4. The second-order valence-corrected chi connectivity index (χ2v) is 3.11. The number of carbonyl (C=O) groups excluding carboxylic acids is 1. The van der Waals surface area contributed by atoms with Crippen LogP contribution in [0.3, 0.4) is 0 Å². The maximum absolute atomic E-state index is 10.8. The van der Waals surface area contributed by atoms with Crippen LogP contribution in [0.15, 0.2) is 0 Å². The van der Waals surface area contributed by atoms with Crippen LogP contribution in [0.2, 0.25) is 5.82 Å². The highest BCUT2D eigenvalue weighted by molar-refractivity contribution is 7.99. The van der Waals surface area contributed by atoms with Crippen molar-refractivity contribution in [3.05, 3.63) is 0 Å². The average Bonchev–Trinajstić information content (AvgIpc) is 2.15. The van der Waals surface area contributed by atoms with E-state index in [9.17, 15) is 4.79 Å². The molecule has 1 saturated heterocycles. The fraction of sp³-hybridized carbons (Fsp3) is 0.800. The number of hydrogen-bond acceptors (Lipinski definition) is 3. The van der Waals surface area contributed by atoms with E-state index in [2.05, 4.69) is 0 Å². The number of carbonyl (C=O) groups is 1. The summed E-state index contributed by atoms with van der Waals surface area (Å²) in [7, 11) is 1.91. The van der Waals surface area contributed by atoms with E-state index in [1.165, 1.54) is 0 Å². The van der Waals surface area contributed by atoms with E-state index >= 15 is 0 Å². The summed E-state index contributed by atoms with van der Waals surface area (Å²) in [4.78, 5) is 10.8. The van der Waals surface area contributed by atoms with E-state index < -0.39 is 0 Å². The summed E-state index contributed by atoms with van der Waals surface area (Å²) in [5.74, 6) is 0.328. The van der Waals surface area contributed by atoms with Gasteiger partial charge in [-0.05, 0) is 6.26 Å². The van der Waals surface area contributed by atoms with Gasteiger partial charge in [-0.15, -0.1) is 11.8 Å². The highest BCUT2D eigenvalue weighted by atomic mass is 32.2. The first-order valence-corrected chi connectivity index (χ1v) is 4.21. The Balaban J connectivity index is 2.51. The first-order valence-electron chi connectivity index (χ1n) is 2.93. The molecule has 2 nitrogen and oxygen atoms in total. The zero-order chi connectivity index (χ0) is 6.85. The van der Waals surface area contributed by atoms with Crippen LogP contribution in [0.5, 0.6) is 0 Å². The molecular weight excluding hydrogens is 135 g/mol. The Morgan fingerprint density at radius 2 is 2.56 bits per heavy atom. The predicted molar refractivity (Wildman–Crippen MR) is 40.6 cm³/mol. The molecule has 1 fully saturated rings. The third-order valence-corrected chi connectivity index (χ3v) is 2.55. The van der Waals surface area contributed by atoms with E-state index in [1.807, 2.05) is 14.1 Å². The molecule has 0 amide bonds. The van der Waals surface area contributed by atoms with Gasteiger partial charge in [0.1, 0.15) is 19.9 Å². The summed E-state index contributed by atoms with van der Waals surface area (Å²) in [6.45, 7) is 0.312. The smallest absolute Gasteiger partial charge is 0.157 e. The van der Waals surface area contributed by atoms with Crippen molar-refractivity contribution in [3.63, 3.8) is 0 Å². The molecule has 1 aliphatic rings. The van der Waals surface area contributed by atoms with Crippen molar-refractivity contribution >= 4 is 25.4 Å². The summed E-state index contributed by atoms with van der Waals surface area (Å²) in [6.07, 6.45) is 1.96. The summed E-state index contributed by atoms with van der Waals surface area (Å²) >= 11 is 1.60.